The number of benzene rings is 1. The molecular formula is C14H13N7O2. The van der Waals surface area contributed by atoms with Crippen LogP contribution >= 0.6 is 0 Å². The molecule has 2 aromatic heterocycles. The Hall–Kier alpha value is -3.36. The van der Waals surface area contributed by atoms with Crippen LogP contribution in [-0.2, 0) is 0 Å². The summed E-state index contributed by atoms with van der Waals surface area (Å²) in [4.78, 5) is 27.2. The average Bonchev–Trinajstić information content (AvgIpc) is 2.56. The number of hydrogen-bond acceptors (Lipinski definition) is 8. The van der Waals surface area contributed by atoms with E-state index in [-0.39, 0.29) is 5.69 Å². The predicted octanol–water partition coefficient (Wildman–Crippen LogP) is 2.42. The number of aryl methyl sites for hydroxylation is 1. The molecule has 0 bridgehead atoms. The molecule has 0 aliphatic carbocycles. The van der Waals surface area contributed by atoms with Crippen molar-refractivity contribution in [2.24, 2.45) is 0 Å². The first-order valence-corrected chi connectivity index (χ1v) is 6.75. The van der Waals surface area contributed by atoms with E-state index in [1.54, 1.807) is 13.1 Å². The highest BCUT2D eigenvalue weighted by Gasteiger charge is 2.13. The van der Waals surface area contributed by atoms with Gasteiger partial charge in [-0.15, -0.1) is 0 Å². The quantitative estimate of drug-likeness (QED) is 0.557. The van der Waals surface area contributed by atoms with E-state index in [0.29, 0.717) is 28.4 Å². The third-order valence-electron chi connectivity index (χ3n) is 3.34. The van der Waals surface area contributed by atoms with Crippen molar-refractivity contribution in [2.45, 2.75) is 6.92 Å². The fourth-order valence-electron chi connectivity index (χ4n) is 2.14. The van der Waals surface area contributed by atoms with Crippen LogP contribution < -0.4 is 10.6 Å². The van der Waals surface area contributed by atoms with Crippen molar-refractivity contribution in [3.8, 4) is 0 Å². The van der Waals surface area contributed by atoms with Crippen LogP contribution in [0.4, 0.5) is 23.0 Å². The largest absolute Gasteiger partial charge is 0.371 e. The number of hydrogen-bond donors (Lipinski definition) is 2. The highest BCUT2D eigenvalue weighted by atomic mass is 16.6. The molecule has 0 aliphatic rings. The lowest BCUT2D eigenvalue weighted by atomic mass is 10.2. The molecule has 0 atom stereocenters. The number of nitrogens with zero attached hydrogens (tertiary/aromatic N) is 5. The van der Waals surface area contributed by atoms with E-state index < -0.39 is 4.92 Å². The number of aromatic nitrogens is 4. The van der Waals surface area contributed by atoms with Gasteiger partial charge in [-0.25, -0.2) is 19.9 Å². The Labute approximate surface area is 131 Å². The Balaban J connectivity index is 2.09. The average molecular weight is 311 g/mol. The summed E-state index contributed by atoms with van der Waals surface area (Å²) in [6, 6.07) is 4.60. The highest BCUT2D eigenvalue weighted by Crippen LogP contribution is 2.28. The van der Waals surface area contributed by atoms with Gasteiger partial charge in [0.1, 0.15) is 23.7 Å². The molecule has 0 saturated carbocycles. The number of rotatable bonds is 4. The van der Waals surface area contributed by atoms with Crippen LogP contribution in [0.5, 0.6) is 0 Å². The predicted molar refractivity (Wildman–Crippen MR) is 85.8 cm³/mol. The molecule has 116 valence electrons. The molecule has 2 heterocycles. The summed E-state index contributed by atoms with van der Waals surface area (Å²) in [5.74, 6) is 1.04. The van der Waals surface area contributed by atoms with E-state index >= 15 is 0 Å². The maximum Gasteiger partial charge on any atom is 0.271 e. The Morgan fingerprint density at radius 3 is 2.35 bits per heavy atom. The molecule has 9 heteroatoms. The normalized spacial score (nSPS) is 10.5. The van der Waals surface area contributed by atoms with E-state index in [0.717, 1.165) is 5.56 Å². The number of non-ortho nitro benzene ring substituents is 1. The van der Waals surface area contributed by atoms with Crippen molar-refractivity contribution in [3.63, 3.8) is 0 Å². The molecule has 9 nitrogen and oxygen atoms in total. The van der Waals surface area contributed by atoms with Gasteiger partial charge in [-0.1, -0.05) is 6.07 Å². The molecular weight excluding hydrogens is 298 g/mol. The number of nitrogens with one attached hydrogen (secondary N) is 2. The summed E-state index contributed by atoms with van der Waals surface area (Å²) in [6.07, 6.45) is 2.80. The van der Waals surface area contributed by atoms with Gasteiger partial charge in [0.25, 0.3) is 5.69 Å². The van der Waals surface area contributed by atoms with Gasteiger partial charge >= 0.3 is 0 Å². The SMILES string of the molecule is CNc1ncnc2c(Nc3cc([N+](=O)[O-])ccc3C)ncnc12. The monoisotopic (exact) mass is 311 g/mol. The smallest absolute Gasteiger partial charge is 0.271 e. The number of nitro groups is 1. The summed E-state index contributed by atoms with van der Waals surface area (Å²) in [5.41, 5.74) is 2.53. The molecule has 0 amide bonds. The fourth-order valence-corrected chi connectivity index (χ4v) is 2.14. The van der Waals surface area contributed by atoms with E-state index in [1.807, 2.05) is 6.92 Å². The molecule has 0 fully saturated rings. The van der Waals surface area contributed by atoms with Crippen molar-refractivity contribution in [3.05, 3.63) is 46.5 Å². The molecule has 1 aromatic carbocycles. The minimum atomic E-state index is -0.440. The van der Waals surface area contributed by atoms with Gasteiger partial charge in [0.05, 0.1) is 4.92 Å². The standard InChI is InChI=1S/C14H13N7O2/c1-8-3-4-9(21(22)23)5-10(8)20-14-12-11(16-7-19-14)13(15-2)18-6-17-12/h3-7H,1-2H3,(H,15,17,18)(H,16,19,20). The Morgan fingerprint density at radius 2 is 1.70 bits per heavy atom. The molecule has 3 aromatic rings. The van der Waals surface area contributed by atoms with Crippen LogP contribution in [0.3, 0.4) is 0 Å². The Kier molecular flexibility index (Phi) is 3.67. The van der Waals surface area contributed by atoms with Crippen LogP contribution in [0.1, 0.15) is 5.56 Å². The van der Waals surface area contributed by atoms with Crippen LogP contribution in [0.2, 0.25) is 0 Å². The number of anilines is 3. The van der Waals surface area contributed by atoms with E-state index in [2.05, 4.69) is 30.6 Å². The Morgan fingerprint density at radius 1 is 1.04 bits per heavy atom. The second-order valence-electron chi connectivity index (χ2n) is 4.77. The van der Waals surface area contributed by atoms with Crippen LogP contribution in [0, 0.1) is 17.0 Å². The minimum absolute atomic E-state index is 0.00185. The van der Waals surface area contributed by atoms with Crippen LogP contribution in [-0.4, -0.2) is 31.9 Å². The third-order valence-corrected chi connectivity index (χ3v) is 3.34. The topological polar surface area (TPSA) is 119 Å². The molecule has 0 radical (unpaired) electrons. The third kappa shape index (κ3) is 2.71. The summed E-state index contributed by atoms with van der Waals surface area (Å²) in [6.45, 7) is 1.85. The van der Waals surface area contributed by atoms with Crippen molar-refractivity contribution < 1.29 is 4.92 Å². The zero-order chi connectivity index (χ0) is 16.4. The molecule has 0 spiro atoms. The summed E-state index contributed by atoms with van der Waals surface area (Å²) in [7, 11) is 1.74. The lowest BCUT2D eigenvalue weighted by Crippen LogP contribution is -2.02. The summed E-state index contributed by atoms with van der Waals surface area (Å²) >= 11 is 0. The van der Waals surface area contributed by atoms with Crippen LogP contribution in [0.15, 0.2) is 30.9 Å². The fraction of sp³-hybridized carbons (Fsp3) is 0.143. The summed E-state index contributed by atoms with van der Waals surface area (Å²) in [5, 5.41) is 17.0. The lowest BCUT2D eigenvalue weighted by Gasteiger charge is -2.11. The van der Waals surface area contributed by atoms with Gasteiger partial charge in [0, 0.05) is 24.9 Å². The molecule has 0 unspecified atom stereocenters. The van der Waals surface area contributed by atoms with Gasteiger partial charge in [-0.2, -0.15) is 0 Å². The maximum absolute atomic E-state index is 10.9. The lowest BCUT2D eigenvalue weighted by molar-refractivity contribution is -0.384. The van der Waals surface area contributed by atoms with Gasteiger partial charge in [0.2, 0.25) is 0 Å². The van der Waals surface area contributed by atoms with Gasteiger partial charge in [-0.05, 0) is 12.5 Å². The minimum Gasteiger partial charge on any atom is -0.371 e. The second-order valence-corrected chi connectivity index (χ2v) is 4.77. The number of fused-ring (bicyclic) bond motifs is 1. The Bertz CT molecular complexity index is 897. The van der Waals surface area contributed by atoms with Crippen molar-refractivity contribution >= 4 is 34.0 Å². The first kappa shape index (κ1) is 14.6. The summed E-state index contributed by atoms with van der Waals surface area (Å²) < 4.78 is 0. The zero-order valence-electron chi connectivity index (χ0n) is 12.4. The highest BCUT2D eigenvalue weighted by molar-refractivity contribution is 5.93. The first-order valence-electron chi connectivity index (χ1n) is 6.75. The number of nitro benzene ring substituents is 1. The van der Waals surface area contributed by atoms with Gasteiger partial charge in [-0.3, -0.25) is 10.1 Å². The molecule has 23 heavy (non-hydrogen) atoms. The molecule has 0 saturated heterocycles. The zero-order valence-corrected chi connectivity index (χ0v) is 12.4. The van der Waals surface area contributed by atoms with Gasteiger partial charge < -0.3 is 10.6 Å². The van der Waals surface area contributed by atoms with Crippen molar-refractivity contribution in [1.29, 1.82) is 0 Å². The van der Waals surface area contributed by atoms with E-state index in [9.17, 15) is 10.1 Å². The first-order chi connectivity index (χ1) is 11.1. The van der Waals surface area contributed by atoms with Crippen LogP contribution in [0.25, 0.3) is 11.0 Å². The second kappa shape index (κ2) is 5.79. The van der Waals surface area contributed by atoms with Gasteiger partial charge in [0.15, 0.2) is 11.6 Å². The van der Waals surface area contributed by atoms with Crippen molar-refractivity contribution in [1.82, 2.24) is 19.9 Å². The maximum atomic E-state index is 10.9. The van der Waals surface area contributed by atoms with Crippen molar-refractivity contribution in [2.75, 3.05) is 17.7 Å². The molecule has 2 N–H and O–H groups in total. The van der Waals surface area contributed by atoms with E-state index in [4.69, 9.17) is 0 Å². The molecule has 3 rings (SSSR count). The van der Waals surface area contributed by atoms with E-state index in [1.165, 1.54) is 24.8 Å². The molecule has 0 aliphatic heterocycles.